The first-order valence-electron chi connectivity index (χ1n) is 10.5. The summed E-state index contributed by atoms with van der Waals surface area (Å²) >= 11 is 0.908. The molecule has 1 aromatic carbocycles. The quantitative estimate of drug-likeness (QED) is 0.781. The van der Waals surface area contributed by atoms with Gasteiger partial charge in [-0.15, -0.1) is 10.2 Å². The van der Waals surface area contributed by atoms with Gasteiger partial charge in [0, 0.05) is 31.9 Å². The van der Waals surface area contributed by atoms with Crippen molar-refractivity contribution < 1.29 is 18.8 Å². The fourth-order valence-corrected chi connectivity index (χ4v) is 4.70. The van der Waals surface area contributed by atoms with Crippen molar-refractivity contribution in [3.63, 3.8) is 0 Å². The molecule has 0 aliphatic carbocycles. The lowest BCUT2D eigenvalue weighted by Crippen LogP contribution is -2.47. The minimum absolute atomic E-state index is 0.0469. The molecule has 4 rings (SSSR count). The largest absolute Gasteiger partial charge is 0.342 e. The first-order valence-corrected chi connectivity index (χ1v) is 11.3. The van der Waals surface area contributed by atoms with Crippen molar-refractivity contribution in [2.75, 3.05) is 31.5 Å². The third kappa shape index (κ3) is 5.07. The number of anilines is 1. The maximum absolute atomic E-state index is 13.0. The number of rotatable bonds is 4. The highest BCUT2D eigenvalue weighted by Crippen LogP contribution is 2.23. The van der Waals surface area contributed by atoms with E-state index in [2.05, 4.69) is 15.5 Å². The lowest BCUT2D eigenvalue weighted by Gasteiger charge is -2.35. The van der Waals surface area contributed by atoms with Gasteiger partial charge in [0.1, 0.15) is 5.82 Å². The molecular weight excluding hydrogens is 421 g/mol. The molecular formula is C21H24FN5O3S. The Balaban J connectivity index is 1.37. The molecule has 1 atom stereocenters. The Morgan fingerprint density at radius 3 is 2.35 bits per heavy atom. The van der Waals surface area contributed by atoms with Gasteiger partial charge in [-0.05, 0) is 56.4 Å². The van der Waals surface area contributed by atoms with E-state index < -0.39 is 11.7 Å². The van der Waals surface area contributed by atoms with Gasteiger partial charge in [-0.25, -0.2) is 4.39 Å². The summed E-state index contributed by atoms with van der Waals surface area (Å²) in [6.45, 7) is 2.52. The molecule has 1 aromatic heterocycles. The number of halogens is 1. The van der Waals surface area contributed by atoms with Gasteiger partial charge < -0.3 is 15.1 Å². The van der Waals surface area contributed by atoms with E-state index in [0.29, 0.717) is 18.8 Å². The number of aromatic nitrogens is 2. The highest BCUT2D eigenvalue weighted by atomic mass is 32.1. The summed E-state index contributed by atoms with van der Waals surface area (Å²) in [7, 11) is 0. The average molecular weight is 446 g/mol. The van der Waals surface area contributed by atoms with E-state index in [0.717, 1.165) is 56.5 Å². The van der Waals surface area contributed by atoms with Gasteiger partial charge in [0.15, 0.2) is 0 Å². The van der Waals surface area contributed by atoms with Gasteiger partial charge in [0.2, 0.25) is 15.9 Å². The Hall–Kier alpha value is -2.88. The number of hydrogen-bond acceptors (Lipinski definition) is 6. The second-order valence-corrected chi connectivity index (χ2v) is 8.83. The van der Waals surface area contributed by atoms with Gasteiger partial charge >= 0.3 is 0 Å². The molecule has 0 spiro atoms. The van der Waals surface area contributed by atoms with E-state index >= 15 is 0 Å². The second-order valence-electron chi connectivity index (χ2n) is 7.85. The van der Waals surface area contributed by atoms with Crippen molar-refractivity contribution in [2.24, 2.45) is 5.92 Å². The molecule has 164 valence electrons. The summed E-state index contributed by atoms with van der Waals surface area (Å²) in [6.07, 6.45) is 4.77. The molecule has 10 heteroatoms. The van der Waals surface area contributed by atoms with Crippen LogP contribution >= 0.6 is 11.3 Å². The predicted molar refractivity (Wildman–Crippen MR) is 113 cm³/mol. The number of carbonyl (C=O) groups excluding carboxylic acids is 3. The summed E-state index contributed by atoms with van der Waals surface area (Å²) in [5, 5.41) is 10.5. The zero-order chi connectivity index (χ0) is 21.8. The number of likely N-dealkylation sites (tertiary alicyclic amines) is 2. The highest BCUT2D eigenvalue weighted by molar-refractivity contribution is 7.15. The van der Waals surface area contributed by atoms with E-state index in [1.165, 1.54) is 24.3 Å². The SMILES string of the molecule is O=C(Nc1ccc(F)cc1)c1nnc(C(=O)N2CCC[C@H](C(=O)N3CCCCC3)C2)s1. The van der Waals surface area contributed by atoms with E-state index in [1.807, 2.05) is 4.90 Å². The number of piperidine rings is 2. The molecule has 3 amide bonds. The molecule has 0 unspecified atom stereocenters. The third-order valence-electron chi connectivity index (χ3n) is 5.63. The molecule has 2 saturated heterocycles. The Kier molecular flexibility index (Phi) is 6.55. The number of hydrogen-bond donors (Lipinski definition) is 1. The second kappa shape index (κ2) is 9.51. The maximum atomic E-state index is 13.0. The van der Waals surface area contributed by atoms with Crippen LogP contribution in [0.1, 0.15) is 51.7 Å². The standard InChI is InChI=1S/C21H24FN5O3S/c22-15-6-8-16(9-7-15)23-17(28)18-24-25-19(31-18)21(30)27-12-4-5-14(13-27)20(29)26-10-2-1-3-11-26/h6-9,14H,1-5,10-13H2,(H,23,28)/t14-/m0/s1. The van der Waals surface area contributed by atoms with Crippen LogP contribution in [-0.2, 0) is 4.79 Å². The van der Waals surface area contributed by atoms with Gasteiger partial charge in [-0.2, -0.15) is 0 Å². The molecule has 3 heterocycles. The molecule has 0 bridgehead atoms. The minimum atomic E-state index is -0.514. The van der Waals surface area contributed by atoms with Crippen molar-refractivity contribution in [2.45, 2.75) is 32.1 Å². The Bertz CT molecular complexity index is 958. The third-order valence-corrected chi connectivity index (χ3v) is 6.54. The van der Waals surface area contributed by atoms with Crippen molar-refractivity contribution in [3.05, 3.63) is 40.1 Å². The maximum Gasteiger partial charge on any atom is 0.286 e. The Morgan fingerprint density at radius 1 is 0.935 bits per heavy atom. The predicted octanol–water partition coefficient (Wildman–Crippen LogP) is 2.79. The van der Waals surface area contributed by atoms with Crippen LogP contribution in [0.2, 0.25) is 0 Å². The van der Waals surface area contributed by atoms with Crippen LogP contribution in [0.5, 0.6) is 0 Å². The van der Waals surface area contributed by atoms with E-state index in [9.17, 15) is 18.8 Å². The monoisotopic (exact) mass is 445 g/mol. The van der Waals surface area contributed by atoms with E-state index in [4.69, 9.17) is 0 Å². The van der Waals surface area contributed by atoms with Crippen molar-refractivity contribution >= 4 is 34.7 Å². The normalized spacial score (nSPS) is 19.2. The average Bonchev–Trinajstić information content (AvgIpc) is 3.31. The summed E-state index contributed by atoms with van der Waals surface area (Å²) in [5.41, 5.74) is 0.421. The van der Waals surface area contributed by atoms with Crippen LogP contribution in [0.4, 0.5) is 10.1 Å². The molecule has 2 fully saturated rings. The fraction of sp³-hybridized carbons (Fsp3) is 0.476. The smallest absolute Gasteiger partial charge is 0.286 e. The molecule has 0 saturated carbocycles. The molecule has 1 N–H and O–H groups in total. The van der Waals surface area contributed by atoms with Crippen LogP contribution in [0, 0.1) is 11.7 Å². The molecule has 0 radical (unpaired) electrons. The minimum Gasteiger partial charge on any atom is -0.342 e. The summed E-state index contributed by atoms with van der Waals surface area (Å²) < 4.78 is 13.0. The molecule has 2 aliphatic rings. The number of nitrogens with one attached hydrogen (secondary N) is 1. The van der Waals surface area contributed by atoms with Crippen LogP contribution in [0.25, 0.3) is 0 Å². The van der Waals surface area contributed by atoms with Crippen molar-refractivity contribution in [1.82, 2.24) is 20.0 Å². The summed E-state index contributed by atoms with van der Waals surface area (Å²) in [4.78, 5) is 41.7. The van der Waals surface area contributed by atoms with Crippen LogP contribution in [-0.4, -0.2) is 63.9 Å². The highest BCUT2D eigenvalue weighted by Gasteiger charge is 2.33. The number of benzene rings is 1. The molecule has 31 heavy (non-hydrogen) atoms. The zero-order valence-corrected chi connectivity index (χ0v) is 17.9. The van der Waals surface area contributed by atoms with Gasteiger partial charge in [-0.1, -0.05) is 11.3 Å². The Labute approximate surface area is 183 Å². The number of nitrogens with zero attached hydrogens (tertiary/aromatic N) is 4. The van der Waals surface area contributed by atoms with E-state index in [-0.39, 0.29) is 27.7 Å². The van der Waals surface area contributed by atoms with Crippen LogP contribution < -0.4 is 5.32 Å². The topological polar surface area (TPSA) is 95.5 Å². The fourth-order valence-electron chi connectivity index (χ4n) is 3.99. The van der Waals surface area contributed by atoms with Crippen LogP contribution in [0.3, 0.4) is 0 Å². The summed E-state index contributed by atoms with van der Waals surface area (Å²) in [5.74, 6) is -1.28. The first kappa shape index (κ1) is 21.4. The first-order chi connectivity index (χ1) is 15.0. The summed E-state index contributed by atoms with van der Waals surface area (Å²) in [6, 6.07) is 5.35. The zero-order valence-electron chi connectivity index (χ0n) is 17.1. The number of amides is 3. The lowest BCUT2D eigenvalue weighted by molar-refractivity contribution is -0.137. The lowest BCUT2D eigenvalue weighted by atomic mass is 9.95. The van der Waals surface area contributed by atoms with Gasteiger partial charge in [0.25, 0.3) is 11.8 Å². The van der Waals surface area contributed by atoms with Crippen molar-refractivity contribution in [3.8, 4) is 0 Å². The molecule has 8 nitrogen and oxygen atoms in total. The van der Waals surface area contributed by atoms with Crippen molar-refractivity contribution in [1.29, 1.82) is 0 Å². The number of carbonyl (C=O) groups is 3. The van der Waals surface area contributed by atoms with Gasteiger partial charge in [0.05, 0.1) is 5.92 Å². The van der Waals surface area contributed by atoms with Crippen LogP contribution in [0.15, 0.2) is 24.3 Å². The van der Waals surface area contributed by atoms with E-state index in [1.54, 1.807) is 4.90 Å². The molecule has 2 aliphatic heterocycles. The molecule has 2 aromatic rings. The van der Waals surface area contributed by atoms with Gasteiger partial charge in [-0.3, -0.25) is 14.4 Å². The Morgan fingerprint density at radius 2 is 1.61 bits per heavy atom.